The van der Waals surface area contributed by atoms with Crippen LogP contribution in [0.4, 0.5) is 10.5 Å². The van der Waals surface area contributed by atoms with Gasteiger partial charge in [-0.15, -0.1) is 0 Å². The Balaban J connectivity index is 2.42. The molecule has 0 fully saturated rings. The SMILES string of the molecule is CCCNC(=O)NC(=O)C[NH+](C)CC(=O)Nc1cccc(C)c1C. The van der Waals surface area contributed by atoms with Gasteiger partial charge in [-0.3, -0.25) is 14.9 Å². The maximum absolute atomic E-state index is 12.1. The molecule has 0 bridgehead atoms. The zero-order chi connectivity index (χ0) is 18.1. The number of anilines is 1. The van der Waals surface area contributed by atoms with E-state index in [1.807, 2.05) is 39.0 Å². The minimum atomic E-state index is -0.505. The first-order valence-corrected chi connectivity index (χ1v) is 8.08. The number of quaternary nitrogens is 1. The lowest BCUT2D eigenvalue weighted by atomic mass is 10.1. The smallest absolute Gasteiger partial charge is 0.321 e. The lowest BCUT2D eigenvalue weighted by Crippen LogP contribution is -3.11. The number of nitrogens with one attached hydrogen (secondary N) is 4. The van der Waals surface area contributed by atoms with Gasteiger partial charge in [0.05, 0.1) is 7.05 Å². The highest BCUT2D eigenvalue weighted by Crippen LogP contribution is 2.17. The summed E-state index contributed by atoms with van der Waals surface area (Å²) >= 11 is 0. The lowest BCUT2D eigenvalue weighted by molar-refractivity contribution is -0.862. The molecule has 1 atom stereocenters. The summed E-state index contributed by atoms with van der Waals surface area (Å²) in [5.41, 5.74) is 2.90. The number of amides is 4. The number of likely N-dealkylation sites (N-methyl/N-ethyl adjacent to an activating group) is 1. The van der Waals surface area contributed by atoms with E-state index >= 15 is 0 Å². The second-order valence-corrected chi connectivity index (χ2v) is 5.91. The van der Waals surface area contributed by atoms with Gasteiger partial charge >= 0.3 is 6.03 Å². The van der Waals surface area contributed by atoms with E-state index in [-0.39, 0.29) is 19.0 Å². The Morgan fingerprint density at radius 2 is 1.75 bits per heavy atom. The normalized spacial score (nSPS) is 11.5. The van der Waals surface area contributed by atoms with Crippen LogP contribution in [0.2, 0.25) is 0 Å². The van der Waals surface area contributed by atoms with Gasteiger partial charge in [0.2, 0.25) is 0 Å². The second kappa shape index (κ2) is 9.67. The van der Waals surface area contributed by atoms with Crippen molar-refractivity contribution in [2.45, 2.75) is 27.2 Å². The Bertz CT molecular complexity index is 601. The molecule has 0 saturated heterocycles. The standard InChI is InChI=1S/C17H26N4O3/c1-5-9-18-17(24)20-16(23)11-21(4)10-15(22)19-14-8-6-7-12(2)13(14)3/h6-8H,5,9-11H2,1-4H3,(H,19,22)(H2,18,20,23,24)/p+1. The van der Waals surface area contributed by atoms with Gasteiger partial charge in [-0.1, -0.05) is 19.1 Å². The van der Waals surface area contributed by atoms with Crippen LogP contribution in [0.5, 0.6) is 0 Å². The summed E-state index contributed by atoms with van der Waals surface area (Å²) in [5.74, 6) is -0.593. The summed E-state index contributed by atoms with van der Waals surface area (Å²) in [6, 6.07) is 5.21. The third kappa shape index (κ3) is 6.78. The first-order valence-electron chi connectivity index (χ1n) is 8.08. The fourth-order valence-corrected chi connectivity index (χ4v) is 2.15. The molecule has 7 nitrogen and oxygen atoms in total. The van der Waals surface area contributed by atoms with Crippen LogP contribution in [-0.4, -0.2) is 44.5 Å². The number of aryl methyl sites for hydroxylation is 1. The van der Waals surface area contributed by atoms with Gasteiger partial charge in [-0.05, 0) is 37.5 Å². The predicted molar refractivity (Wildman–Crippen MR) is 93.0 cm³/mol. The lowest BCUT2D eigenvalue weighted by Gasteiger charge is -2.15. The Morgan fingerprint density at radius 1 is 1.08 bits per heavy atom. The molecule has 0 aliphatic carbocycles. The maximum atomic E-state index is 12.1. The van der Waals surface area contributed by atoms with Crippen molar-refractivity contribution in [1.29, 1.82) is 0 Å². The first kappa shape index (κ1) is 19.6. The van der Waals surface area contributed by atoms with Gasteiger partial charge < -0.3 is 15.5 Å². The van der Waals surface area contributed by atoms with E-state index in [0.29, 0.717) is 11.4 Å². The first-order chi connectivity index (χ1) is 11.3. The number of carbonyl (C=O) groups excluding carboxylic acids is 3. The fourth-order valence-electron chi connectivity index (χ4n) is 2.15. The molecule has 24 heavy (non-hydrogen) atoms. The van der Waals surface area contributed by atoms with E-state index < -0.39 is 11.9 Å². The average molecular weight is 335 g/mol. The summed E-state index contributed by atoms with van der Waals surface area (Å²) in [6.07, 6.45) is 0.797. The molecule has 0 saturated carbocycles. The van der Waals surface area contributed by atoms with Crippen LogP contribution < -0.4 is 20.9 Å². The zero-order valence-corrected chi connectivity index (χ0v) is 14.8. The van der Waals surface area contributed by atoms with Gasteiger partial charge in [-0.2, -0.15) is 0 Å². The average Bonchev–Trinajstić information content (AvgIpc) is 2.49. The van der Waals surface area contributed by atoms with E-state index in [4.69, 9.17) is 0 Å². The van der Waals surface area contributed by atoms with Crippen LogP contribution in [-0.2, 0) is 9.59 Å². The summed E-state index contributed by atoms with van der Waals surface area (Å²) in [4.78, 5) is 35.9. The molecule has 1 aromatic rings. The van der Waals surface area contributed by atoms with Gasteiger partial charge in [0.25, 0.3) is 11.8 Å². The summed E-state index contributed by atoms with van der Waals surface area (Å²) in [5, 5.41) is 7.66. The number of imide groups is 1. The van der Waals surface area contributed by atoms with Crippen molar-refractivity contribution in [2.75, 3.05) is 32.0 Å². The van der Waals surface area contributed by atoms with Crippen LogP contribution in [0.15, 0.2) is 18.2 Å². The largest absolute Gasteiger partial charge is 0.338 e. The fraction of sp³-hybridized carbons (Fsp3) is 0.471. The van der Waals surface area contributed by atoms with Gasteiger partial charge in [-0.25, -0.2) is 4.79 Å². The Hall–Kier alpha value is -2.41. The van der Waals surface area contributed by atoms with Crippen molar-refractivity contribution < 1.29 is 19.3 Å². The number of carbonyl (C=O) groups is 3. The van der Waals surface area contributed by atoms with Gasteiger partial charge in [0.1, 0.15) is 0 Å². The molecule has 1 aromatic carbocycles. The second-order valence-electron chi connectivity index (χ2n) is 5.91. The molecule has 0 heterocycles. The van der Waals surface area contributed by atoms with Crippen molar-refractivity contribution in [3.8, 4) is 0 Å². The molecule has 0 aliphatic rings. The molecule has 132 valence electrons. The van der Waals surface area contributed by atoms with Crippen LogP contribution in [0, 0.1) is 13.8 Å². The van der Waals surface area contributed by atoms with Gasteiger partial charge in [0, 0.05) is 12.2 Å². The topological polar surface area (TPSA) is 91.7 Å². The van der Waals surface area contributed by atoms with Crippen molar-refractivity contribution in [3.63, 3.8) is 0 Å². The Labute approximate surface area is 142 Å². The van der Waals surface area contributed by atoms with E-state index in [1.165, 1.54) is 0 Å². The van der Waals surface area contributed by atoms with Crippen LogP contribution in [0.25, 0.3) is 0 Å². The third-order valence-corrected chi connectivity index (χ3v) is 3.59. The van der Waals surface area contributed by atoms with E-state index in [2.05, 4.69) is 16.0 Å². The van der Waals surface area contributed by atoms with E-state index in [9.17, 15) is 14.4 Å². The Morgan fingerprint density at radius 3 is 2.42 bits per heavy atom. The minimum absolute atomic E-state index is 0.0414. The minimum Gasteiger partial charge on any atom is -0.338 e. The molecule has 7 heteroatoms. The molecule has 0 aromatic heterocycles. The van der Waals surface area contributed by atoms with Crippen molar-refractivity contribution >= 4 is 23.5 Å². The molecule has 1 unspecified atom stereocenters. The van der Waals surface area contributed by atoms with Crippen LogP contribution >= 0.6 is 0 Å². The van der Waals surface area contributed by atoms with E-state index in [0.717, 1.165) is 23.2 Å². The predicted octanol–water partition coefficient (Wildman–Crippen LogP) is -0.00756. The number of benzene rings is 1. The number of hydrogen-bond acceptors (Lipinski definition) is 3. The molecule has 1 rings (SSSR count). The van der Waals surface area contributed by atoms with Crippen LogP contribution in [0.1, 0.15) is 24.5 Å². The van der Waals surface area contributed by atoms with E-state index in [1.54, 1.807) is 7.05 Å². The highest BCUT2D eigenvalue weighted by molar-refractivity contribution is 5.95. The Kier molecular flexibility index (Phi) is 7.91. The molecule has 0 radical (unpaired) electrons. The number of hydrogen-bond donors (Lipinski definition) is 4. The molecule has 4 N–H and O–H groups in total. The molecular formula is C17H27N4O3+. The number of rotatable bonds is 7. The summed E-state index contributed by atoms with van der Waals surface area (Å²) in [7, 11) is 1.73. The van der Waals surface area contributed by atoms with Crippen LogP contribution in [0.3, 0.4) is 0 Å². The van der Waals surface area contributed by atoms with Crippen molar-refractivity contribution in [1.82, 2.24) is 10.6 Å². The summed E-state index contributed by atoms with van der Waals surface area (Å²) < 4.78 is 0. The molecule has 4 amide bonds. The third-order valence-electron chi connectivity index (χ3n) is 3.59. The van der Waals surface area contributed by atoms with Gasteiger partial charge in [0.15, 0.2) is 13.1 Å². The highest BCUT2D eigenvalue weighted by Gasteiger charge is 2.16. The molecule has 0 spiro atoms. The maximum Gasteiger partial charge on any atom is 0.321 e. The molecule has 0 aliphatic heterocycles. The quantitative estimate of drug-likeness (QED) is 0.565. The van der Waals surface area contributed by atoms with Crippen molar-refractivity contribution in [2.24, 2.45) is 0 Å². The molecular weight excluding hydrogens is 308 g/mol. The summed E-state index contributed by atoms with van der Waals surface area (Å²) in [6.45, 7) is 6.55. The van der Waals surface area contributed by atoms with Crippen molar-refractivity contribution in [3.05, 3.63) is 29.3 Å². The zero-order valence-electron chi connectivity index (χ0n) is 14.8. The monoisotopic (exact) mass is 335 g/mol. The number of urea groups is 1. The highest BCUT2D eigenvalue weighted by atomic mass is 16.2.